The molecule has 4 nitrogen and oxygen atoms in total. The molecule has 0 aliphatic heterocycles. The summed E-state index contributed by atoms with van der Waals surface area (Å²) in [4.78, 5) is 15.1. The molecule has 3 aromatic heterocycles. The molecule has 7 aromatic carbocycles. The molecule has 0 amide bonds. The summed E-state index contributed by atoms with van der Waals surface area (Å²) < 4.78 is 8.86. The predicted octanol–water partition coefficient (Wildman–Crippen LogP) is 12.5. The molecule has 10 aromatic rings. The largest absolute Gasteiger partial charge is 0.455 e. The summed E-state index contributed by atoms with van der Waals surface area (Å²) in [7, 11) is 0. The predicted molar refractivity (Wildman–Crippen MR) is 207 cm³/mol. The summed E-state index contributed by atoms with van der Waals surface area (Å²) in [5.74, 6) is 1.97. The molecular formula is C45H27N3OS. The second kappa shape index (κ2) is 11.6. The molecule has 3 heterocycles. The quantitative estimate of drug-likeness (QED) is 0.185. The van der Waals surface area contributed by atoms with E-state index in [9.17, 15) is 0 Å². The van der Waals surface area contributed by atoms with E-state index in [1.807, 2.05) is 72.8 Å². The van der Waals surface area contributed by atoms with Gasteiger partial charge in [0, 0.05) is 53.2 Å². The molecule has 0 bridgehead atoms. The number of para-hydroxylation sites is 1. The van der Waals surface area contributed by atoms with E-state index < -0.39 is 0 Å². The molecule has 0 unspecified atom stereocenters. The Morgan fingerprint density at radius 3 is 1.70 bits per heavy atom. The van der Waals surface area contributed by atoms with Crippen LogP contribution in [0.4, 0.5) is 0 Å². The van der Waals surface area contributed by atoms with E-state index in [1.54, 1.807) is 11.3 Å². The minimum atomic E-state index is 0.655. The van der Waals surface area contributed by atoms with Crippen LogP contribution in [-0.2, 0) is 0 Å². The highest BCUT2D eigenvalue weighted by atomic mass is 32.1. The smallest absolute Gasteiger partial charge is 0.165 e. The van der Waals surface area contributed by atoms with Crippen LogP contribution in [0, 0.1) is 0 Å². The highest BCUT2D eigenvalue weighted by Gasteiger charge is 2.20. The highest BCUT2D eigenvalue weighted by molar-refractivity contribution is 7.26. The van der Waals surface area contributed by atoms with Crippen molar-refractivity contribution in [2.24, 2.45) is 0 Å². The van der Waals surface area contributed by atoms with Gasteiger partial charge >= 0.3 is 0 Å². The molecule has 0 aliphatic carbocycles. The van der Waals surface area contributed by atoms with Crippen molar-refractivity contribution in [2.75, 3.05) is 0 Å². The Bertz CT molecular complexity index is 2800. The van der Waals surface area contributed by atoms with Crippen LogP contribution in [-0.4, -0.2) is 15.0 Å². The third-order valence-corrected chi connectivity index (χ3v) is 10.5. The molecule has 50 heavy (non-hydrogen) atoms. The maximum Gasteiger partial charge on any atom is 0.165 e. The Labute approximate surface area is 292 Å². The summed E-state index contributed by atoms with van der Waals surface area (Å²) in [5, 5.41) is 4.63. The zero-order chi connectivity index (χ0) is 33.0. The lowest BCUT2D eigenvalue weighted by molar-refractivity contribution is 0.670. The van der Waals surface area contributed by atoms with E-state index in [0.717, 1.165) is 60.0 Å². The first-order chi connectivity index (χ1) is 24.8. The number of aromatic nitrogens is 3. The van der Waals surface area contributed by atoms with Crippen molar-refractivity contribution in [3.8, 4) is 56.4 Å². The van der Waals surface area contributed by atoms with Crippen molar-refractivity contribution >= 4 is 53.4 Å². The molecule has 5 heteroatoms. The van der Waals surface area contributed by atoms with Crippen LogP contribution in [0.2, 0.25) is 0 Å². The van der Waals surface area contributed by atoms with Gasteiger partial charge in [0.05, 0.1) is 0 Å². The van der Waals surface area contributed by atoms with Crippen molar-refractivity contribution in [1.82, 2.24) is 15.0 Å². The van der Waals surface area contributed by atoms with E-state index in [4.69, 9.17) is 19.4 Å². The zero-order valence-corrected chi connectivity index (χ0v) is 27.6. The lowest BCUT2D eigenvalue weighted by atomic mass is 9.93. The van der Waals surface area contributed by atoms with Gasteiger partial charge in [0.2, 0.25) is 0 Å². The number of hydrogen-bond acceptors (Lipinski definition) is 5. The van der Waals surface area contributed by atoms with Crippen molar-refractivity contribution in [3.05, 3.63) is 164 Å². The van der Waals surface area contributed by atoms with Gasteiger partial charge in [0.1, 0.15) is 11.2 Å². The molecule has 10 rings (SSSR count). The van der Waals surface area contributed by atoms with Crippen molar-refractivity contribution in [2.45, 2.75) is 0 Å². The van der Waals surface area contributed by atoms with Gasteiger partial charge in [0.25, 0.3) is 0 Å². The van der Waals surface area contributed by atoms with Crippen LogP contribution in [0.5, 0.6) is 0 Å². The summed E-state index contributed by atoms with van der Waals surface area (Å²) >= 11 is 1.78. The van der Waals surface area contributed by atoms with Crippen LogP contribution >= 0.6 is 11.3 Å². The van der Waals surface area contributed by atoms with Crippen LogP contribution < -0.4 is 0 Å². The summed E-state index contributed by atoms with van der Waals surface area (Å²) in [6.07, 6.45) is 0. The SMILES string of the molecule is c1ccc(-c2nc(-c3ccccc3)nc(-c3cccc4c3sc3cccc(-c5cc(-c6ccccc6)c6oc7ccccc7c6c5)c34)n2)cc1. The van der Waals surface area contributed by atoms with Gasteiger partial charge in [-0.3, -0.25) is 0 Å². The summed E-state index contributed by atoms with van der Waals surface area (Å²) in [6, 6.07) is 56.8. The Morgan fingerprint density at radius 1 is 0.400 bits per heavy atom. The van der Waals surface area contributed by atoms with E-state index in [0.29, 0.717) is 17.5 Å². The average molecular weight is 658 g/mol. The van der Waals surface area contributed by atoms with Gasteiger partial charge in [-0.2, -0.15) is 0 Å². The van der Waals surface area contributed by atoms with E-state index >= 15 is 0 Å². The number of fused-ring (bicyclic) bond motifs is 6. The number of rotatable bonds is 5. The van der Waals surface area contributed by atoms with E-state index in [2.05, 4.69) is 91.0 Å². The van der Waals surface area contributed by atoms with Gasteiger partial charge in [-0.25, -0.2) is 15.0 Å². The first-order valence-corrected chi connectivity index (χ1v) is 17.4. The van der Waals surface area contributed by atoms with E-state index in [1.165, 1.54) is 21.0 Å². The second-order valence-electron chi connectivity index (χ2n) is 12.4. The van der Waals surface area contributed by atoms with Gasteiger partial charge in [-0.05, 0) is 47.0 Å². The molecule has 0 N–H and O–H groups in total. The molecular weight excluding hydrogens is 631 g/mol. The number of hydrogen-bond donors (Lipinski definition) is 0. The van der Waals surface area contributed by atoms with Gasteiger partial charge in [-0.15, -0.1) is 11.3 Å². The van der Waals surface area contributed by atoms with Crippen LogP contribution in [0.1, 0.15) is 0 Å². The Morgan fingerprint density at radius 2 is 0.980 bits per heavy atom. The number of benzene rings is 7. The maximum absolute atomic E-state index is 6.50. The van der Waals surface area contributed by atoms with Crippen LogP contribution in [0.3, 0.4) is 0 Å². The summed E-state index contributed by atoms with van der Waals surface area (Å²) in [6.45, 7) is 0. The molecule has 234 valence electrons. The minimum absolute atomic E-state index is 0.655. The molecule has 0 radical (unpaired) electrons. The maximum atomic E-state index is 6.50. The second-order valence-corrected chi connectivity index (χ2v) is 13.4. The molecule has 0 aliphatic rings. The van der Waals surface area contributed by atoms with Gasteiger partial charge in [0.15, 0.2) is 17.5 Å². The fourth-order valence-electron chi connectivity index (χ4n) is 7.01. The van der Waals surface area contributed by atoms with Crippen molar-refractivity contribution < 1.29 is 4.42 Å². The lowest BCUT2D eigenvalue weighted by Crippen LogP contribution is -2.00. The van der Waals surface area contributed by atoms with Crippen molar-refractivity contribution in [1.29, 1.82) is 0 Å². The topological polar surface area (TPSA) is 51.8 Å². The average Bonchev–Trinajstić information content (AvgIpc) is 3.77. The molecule has 0 fully saturated rings. The summed E-state index contributed by atoms with van der Waals surface area (Å²) in [5.41, 5.74) is 9.24. The standard InChI is InChI=1S/C45H27N3OS/c1-4-14-28(15-5-1)36-26-31(27-37-33-20-10-11-24-38(33)49-41(36)37)32-21-13-25-39-40(32)34-22-12-23-35(42(34)50-39)45-47-43(29-16-6-2-7-17-29)46-44(48-45)30-18-8-3-9-19-30/h1-27H. The normalized spacial score (nSPS) is 11.6. The van der Waals surface area contributed by atoms with Gasteiger partial charge in [-0.1, -0.05) is 133 Å². The fourth-order valence-corrected chi connectivity index (χ4v) is 8.25. The Balaban J connectivity index is 1.21. The Kier molecular flexibility index (Phi) is 6.64. The molecule has 0 saturated carbocycles. The first kappa shape index (κ1) is 28.6. The van der Waals surface area contributed by atoms with E-state index in [-0.39, 0.29) is 0 Å². The van der Waals surface area contributed by atoms with Crippen LogP contribution in [0.25, 0.3) is 98.5 Å². The number of thiophene rings is 1. The number of nitrogens with zero attached hydrogens (tertiary/aromatic N) is 3. The lowest BCUT2D eigenvalue weighted by Gasteiger charge is -2.10. The molecule has 0 spiro atoms. The molecule has 0 atom stereocenters. The van der Waals surface area contributed by atoms with Gasteiger partial charge < -0.3 is 4.42 Å². The van der Waals surface area contributed by atoms with Crippen molar-refractivity contribution in [3.63, 3.8) is 0 Å². The third-order valence-electron chi connectivity index (χ3n) is 9.34. The first-order valence-electron chi connectivity index (χ1n) is 16.6. The molecule has 0 saturated heterocycles. The fraction of sp³-hybridized carbons (Fsp3) is 0. The minimum Gasteiger partial charge on any atom is -0.455 e. The third kappa shape index (κ3) is 4.71. The monoisotopic (exact) mass is 657 g/mol. The number of furan rings is 1. The Hall–Kier alpha value is -6.43. The zero-order valence-electron chi connectivity index (χ0n) is 26.7. The highest BCUT2D eigenvalue weighted by Crippen LogP contribution is 2.46. The van der Waals surface area contributed by atoms with Crippen LogP contribution in [0.15, 0.2) is 168 Å².